The van der Waals surface area contributed by atoms with Crippen molar-refractivity contribution in [1.82, 2.24) is 10.3 Å². The molecule has 3 heteroatoms. The first-order valence-electron chi connectivity index (χ1n) is 4.54. The molecule has 2 aromatic rings. The van der Waals surface area contributed by atoms with Crippen LogP contribution in [-0.4, -0.2) is 12.0 Å². The first-order chi connectivity index (χ1) is 6.90. The van der Waals surface area contributed by atoms with E-state index in [0.29, 0.717) is 0 Å². The van der Waals surface area contributed by atoms with Crippen molar-refractivity contribution in [2.45, 2.75) is 6.54 Å². The Balaban J connectivity index is 2.25. The average Bonchev–Trinajstić information content (AvgIpc) is 2.68. The normalized spacial score (nSPS) is 10.4. The van der Waals surface area contributed by atoms with E-state index in [4.69, 9.17) is 0 Å². The summed E-state index contributed by atoms with van der Waals surface area (Å²) in [6.45, 7) is 0.940. The maximum atomic E-state index is 4.01. The van der Waals surface area contributed by atoms with Gasteiger partial charge in [-0.3, -0.25) is 4.98 Å². The fraction of sp³-hybridized carbons (Fsp3) is 0.182. The number of hydrogen-bond donors (Lipinski definition) is 1. The lowest BCUT2D eigenvalue weighted by Gasteiger charge is -1.95. The van der Waals surface area contributed by atoms with Crippen LogP contribution in [0.15, 0.2) is 36.7 Å². The largest absolute Gasteiger partial charge is 0.315 e. The molecule has 0 aliphatic heterocycles. The summed E-state index contributed by atoms with van der Waals surface area (Å²) in [5.41, 5.74) is 1.24. The molecule has 2 aromatic heterocycles. The molecular formula is C11H12N2S. The highest BCUT2D eigenvalue weighted by Gasteiger charge is 2.00. The Morgan fingerprint density at radius 1 is 1.21 bits per heavy atom. The minimum atomic E-state index is 0.940. The Kier molecular flexibility index (Phi) is 2.91. The fourth-order valence-electron chi connectivity index (χ4n) is 1.32. The molecule has 2 nitrogen and oxygen atoms in total. The minimum absolute atomic E-state index is 0.940. The summed E-state index contributed by atoms with van der Waals surface area (Å²) in [6, 6.07) is 8.40. The third kappa shape index (κ3) is 2.00. The maximum Gasteiger partial charge on any atom is 0.0347 e. The van der Waals surface area contributed by atoms with Crippen molar-refractivity contribution in [2.75, 3.05) is 7.05 Å². The second-order valence-electron chi connectivity index (χ2n) is 3.03. The number of rotatable bonds is 3. The zero-order valence-electron chi connectivity index (χ0n) is 8.03. The summed E-state index contributed by atoms with van der Waals surface area (Å²) < 4.78 is 0. The lowest BCUT2D eigenvalue weighted by atomic mass is 10.2. The number of pyridine rings is 1. The molecule has 2 heterocycles. The predicted molar refractivity (Wildman–Crippen MR) is 60.3 cm³/mol. The van der Waals surface area contributed by atoms with Crippen molar-refractivity contribution in [1.29, 1.82) is 0 Å². The van der Waals surface area contributed by atoms with Crippen molar-refractivity contribution in [3.8, 4) is 10.4 Å². The van der Waals surface area contributed by atoms with Crippen LogP contribution in [0.4, 0.5) is 0 Å². The summed E-state index contributed by atoms with van der Waals surface area (Å²) in [4.78, 5) is 6.67. The summed E-state index contributed by atoms with van der Waals surface area (Å²) in [5.74, 6) is 0. The molecular weight excluding hydrogens is 192 g/mol. The molecule has 0 aliphatic carbocycles. The van der Waals surface area contributed by atoms with Gasteiger partial charge in [0, 0.05) is 28.7 Å². The highest BCUT2D eigenvalue weighted by molar-refractivity contribution is 7.15. The van der Waals surface area contributed by atoms with E-state index < -0.39 is 0 Å². The molecule has 0 fully saturated rings. The van der Waals surface area contributed by atoms with Crippen LogP contribution < -0.4 is 5.32 Å². The molecule has 0 aromatic carbocycles. The summed E-state index contributed by atoms with van der Waals surface area (Å²) in [7, 11) is 1.96. The molecule has 2 rings (SSSR count). The van der Waals surface area contributed by atoms with Gasteiger partial charge in [-0.25, -0.2) is 0 Å². The van der Waals surface area contributed by atoms with Crippen LogP contribution in [0.1, 0.15) is 4.88 Å². The van der Waals surface area contributed by atoms with Crippen LogP contribution in [-0.2, 0) is 6.54 Å². The number of thiophene rings is 1. The molecule has 0 spiro atoms. The van der Waals surface area contributed by atoms with E-state index in [-0.39, 0.29) is 0 Å². The molecule has 72 valence electrons. The third-order valence-corrected chi connectivity index (χ3v) is 3.11. The topological polar surface area (TPSA) is 24.9 Å². The van der Waals surface area contributed by atoms with Gasteiger partial charge >= 0.3 is 0 Å². The standard InChI is InChI=1S/C11H12N2S/c1-12-8-10-2-3-11(14-10)9-4-6-13-7-5-9/h2-7,12H,8H2,1H3. The van der Waals surface area contributed by atoms with Gasteiger partial charge in [0.15, 0.2) is 0 Å². The Morgan fingerprint density at radius 2 is 2.00 bits per heavy atom. The fourth-order valence-corrected chi connectivity index (χ4v) is 2.34. The molecule has 0 saturated heterocycles. The second-order valence-corrected chi connectivity index (χ2v) is 4.20. The lowest BCUT2D eigenvalue weighted by molar-refractivity contribution is 0.831. The molecule has 0 bridgehead atoms. The van der Waals surface area contributed by atoms with E-state index in [2.05, 4.69) is 22.4 Å². The molecule has 0 radical (unpaired) electrons. The lowest BCUT2D eigenvalue weighted by Crippen LogP contribution is -2.02. The Labute approximate surface area is 87.6 Å². The summed E-state index contributed by atoms with van der Waals surface area (Å²) in [5, 5.41) is 3.15. The highest BCUT2D eigenvalue weighted by Crippen LogP contribution is 2.27. The predicted octanol–water partition coefficient (Wildman–Crippen LogP) is 2.53. The van der Waals surface area contributed by atoms with E-state index in [1.165, 1.54) is 15.3 Å². The molecule has 0 unspecified atom stereocenters. The van der Waals surface area contributed by atoms with E-state index in [9.17, 15) is 0 Å². The van der Waals surface area contributed by atoms with Gasteiger partial charge in [0.2, 0.25) is 0 Å². The molecule has 0 saturated carbocycles. The monoisotopic (exact) mass is 204 g/mol. The molecule has 0 atom stereocenters. The zero-order valence-corrected chi connectivity index (χ0v) is 8.84. The number of nitrogens with one attached hydrogen (secondary N) is 1. The van der Waals surface area contributed by atoms with Gasteiger partial charge in [0.05, 0.1) is 0 Å². The van der Waals surface area contributed by atoms with Gasteiger partial charge in [-0.2, -0.15) is 0 Å². The van der Waals surface area contributed by atoms with Gasteiger partial charge in [-0.1, -0.05) is 0 Å². The average molecular weight is 204 g/mol. The zero-order chi connectivity index (χ0) is 9.80. The summed E-state index contributed by atoms with van der Waals surface area (Å²) in [6.07, 6.45) is 3.65. The Bertz CT molecular complexity index is 395. The van der Waals surface area contributed by atoms with Gasteiger partial charge in [-0.05, 0) is 36.9 Å². The van der Waals surface area contributed by atoms with Crippen molar-refractivity contribution in [2.24, 2.45) is 0 Å². The Hall–Kier alpha value is -1.19. The van der Waals surface area contributed by atoms with Gasteiger partial charge in [-0.15, -0.1) is 11.3 Å². The van der Waals surface area contributed by atoms with Crippen molar-refractivity contribution >= 4 is 11.3 Å². The number of aromatic nitrogens is 1. The van der Waals surface area contributed by atoms with Gasteiger partial charge in [0.1, 0.15) is 0 Å². The summed E-state index contributed by atoms with van der Waals surface area (Å²) >= 11 is 1.82. The van der Waals surface area contributed by atoms with Crippen molar-refractivity contribution in [3.63, 3.8) is 0 Å². The van der Waals surface area contributed by atoms with E-state index in [1.807, 2.05) is 42.9 Å². The van der Waals surface area contributed by atoms with Crippen LogP contribution in [0.2, 0.25) is 0 Å². The van der Waals surface area contributed by atoms with Crippen LogP contribution in [0.5, 0.6) is 0 Å². The van der Waals surface area contributed by atoms with Crippen LogP contribution in [0.3, 0.4) is 0 Å². The third-order valence-electron chi connectivity index (χ3n) is 1.98. The van der Waals surface area contributed by atoms with Crippen LogP contribution >= 0.6 is 11.3 Å². The highest BCUT2D eigenvalue weighted by atomic mass is 32.1. The maximum absolute atomic E-state index is 4.01. The van der Waals surface area contributed by atoms with Crippen LogP contribution in [0.25, 0.3) is 10.4 Å². The van der Waals surface area contributed by atoms with Gasteiger partial charge in [0.25, 0.3) is 0 Å². The van der Waals surface area contributed by atoms with Crippen molar-refractivity contribution < 1.29 is 0 Å². The first kappa shape index (κ1) is 9.37. The molecule has 1 N–H and O–H groups in total. The SMILES string of the molecule is CNCc1ccc(-c2ccncc2)s1. The Morgan fingerprint density at radius 3 is 2.71 bits per heavy atom. The number of nitrogens with zero attached hydrogens (tertiary/aromatic N) is 1. The van der Waals surface area contributed by atoms with Crippen molar-refractivity contribution in [3.05, 3.63) is 41.5 Å². The molecule has 0 aliphatic rings. The smallest absolute Gasteiger partial charge is 0.0347 e. The molecule has 0 amide bonds. The number of hydrogen-bond acceptors (Lipinski definition) is 3. The minimum Gasteiger partial charge on any atom is -0.315 e. The van der Waals surface area contributed by atoms with Crippen LogP contribution in [0, 0.1) is 0 Å². The quantitative estimate of drug-likeness (QED) is 0.831. The second kappa shape index (κ2) is 4.35. The van der Waals surface area contributed by atoms with E-state index in [0.717, 1.165) is 6.54 Å². The van der Waals surface area contributed by atoms with Gasteiger partial charge < -0.3 is 5.32 Å². The van der Waals surface area contributed by atoms with E-state index in [1.54, 1.807) is 0 Å². The van der Waals surface area contributed by atoms with E-state index >= 15 is 0 Å². The first-order valence-corrected chi connectivity index (χ1v) is 5.35. The molecule has 14 heavy (non-hydrogen) atoms.